The van der Waals surface area contributed by atoms with Gasteiger partial charge in [0.1, 0.15) is 5.82 Å². The molecule has 9 heteroatoms. The monoisotopic (exact) mass is 440 g/mol. The average molecular weight is 440 g/mol. The molecule has 1 amide bonds. The smallest absolute Gasteiger partial charge is 0.255 e. The zero-order chi connectivity index (χ0) is 22.2. The Hall–Kier alpha value is -2.39. The van der Waals surface area contributed by atoms with Crippen LogP contribution in [0.4, 0.5) is 18.9 Å². The van der Waals surface area contributed by atoms with Crippen LogP contribution in [0.1, 0.15) is 41.3 Å². The predicted octanol–water partition coefficient (Wildman–Crippen LogP) is 4.39. The predicted molar refractivity (Wildman–Crippen MR) is 107 cm³/mol. The highest BCUT2D eigenvalue weighted by Gasteiger charge is 2.30. The van der Waals surface area contributed by atoms with Gasteiger partial charge >= 0.3 is 0 Å². The summed E-state index contributed by atoms with van der Waals surface area (Å²) in [6, 6.07) is 3.58. The first kappa shape index (κ1) is 22.3. The Morgan fingerprint density at radius 3 is 2.23 bits per heavy atom. The van der Waals surface area contributed by atoms with Crippen molar-refractivity contribution in [3.05, 3.63) is 58.4 Å². The van der Waals surface area contributed by atoms with Crippen molar-refractivity contribution in [1.29, 1.82) is 0 Å². The standard InChI is InChI=1S/C21H23F3N2O3S/c1-12-4-6-26(7-5-12)30(28,29)20-9-15(8-13(2)14(20)3)21(27)25-19-11-17(23)16(22)10-18(19)24/h8-12H,4-7H2,1-3H3,(H,25,27). The van der Waals surface area contributed by atoms with E-state index in [1.54, 1.807) is 13.8 Å². The lowest BCUT2D eigenvalue weighted by atomic mass is 10.0. The van der Waals surface area contributed by atoms with Gasteiger partial charge in [0.05, 0.1) is 10.6 Å². The molecule has 0 aromatic heterocycles. The normalized spacial score (nSPS) is 15.9. The second-order valence-corrected chi connectivity index (χ2v) is 9.61. The van der Waals surface area contributed by atoms with Crippen molar-refractivity contribution in [2.45, 2.75) is 38.5 Å². The maximum absolute atomic E-state index is 13.9. The Kier molecular flexibility index (Phi) is 6.24. The minimum atomic E-state index is -3.82. The Balaban J connectivity index is 1.95. The molecule has 0 aliphatic carbocycles. The summed E-state index contributed by atoms with van der Waals surface area (Å²) in [5.41, 5.74) is 0.527. The van der Waals surface area contributed by atoms with Gasteiger partial charge in [-0.05, 0) is 55.9 Å². The van der Waals surface area contributed by atoms with Gasteiger partial charge in [0.15, 0.2) is 11.6 Å². The number of halogens is 3. The zero-order valence-corrected chi connectivity index (χ0v) is 17.7. The van der Waals surface area contributed by atoms with Gasteiger partial charge < -0.3 is 5.32 Å². The number of hydrogen-bond acceptors (Lipinski definition) is 3. The van der Waals surface area contributed by atoms with Crippen LogP contribution in [0.2, 0.25) is 0 Å². The number of aryl methyl sites for hydroxylation is 1. The number of sulfonamides is 1. The molecule has 1 aliphatic rings. The number of carbonyl (C=O) groups excluding carboxylic acids is 1. The molecular formula is C21H23F3N2O3S. The molecule has 2 aromatic rings. The minimum absolute atomic E-state index is 0.00737. The van der Waals surface area contributed by atoms with Crippen LogP contribution in [-0.4, -0.2) is 31.7 Å². The van der Waals surface area contributed by atoms with Crippen molar-refractivity contribution in [2.24, 2.45) is 5.92 Å². The van der Waals surface area contributed by atoms with E-state index < -0.39 is 39.1 Å². The van der Waals surface area contributed by atoms with Gasteiger partial charge in [0, 0.05) is 30.8 Å². The summed E-state index contributed by atoms with van der Waals surface area (Å²) in [6.07, 6.45) is 1.51. The summed E-state index contributed by atoms with van der Waals surface area (Å²) in [7, 11) is -3.82. The molecule has 1 N–H and O–H groups in total. The van der Waals surface area contributed by atoms with Crippen molar-refractivity contribution < 1.29 is 26.4 Å². The fourth-order valence-electron chi connectivity index (χ4n) is 3.40. The van der Waals surface area contributed by atoms with E-state index in [1.165, 1.54) is 16.4 Å². The SMILES string of the molecule is Cc1cc(C(=O)Nc2cc(F)c(F)cc2F)cc(S(=O)(=O)N2CCC(C)CC2)c1C. The third kappa shape index (κ3) is 4.37. The lowest BCUT2D eigenvalue weighted by molar-refractivity contribution is 0.102. The highest BCUT2D eigenvalue weighted by atomic mass is 32.2. The Labute approximate surface area is 173 Å². The quantitative estimate of drug-likeness (QED) is 0.717. The molecule has 3 rings (SSSR count). The van der Waals surface area contributed by atoms with E-state index in [9.17, 15) is 26.4 Å². The molecular weight excluding hydrogens is 417 g/mol. The summed E-state index contributed by atoms with van der Waals surface area (Å²) in [6.45, 7) is 6.20. The number of anilines is 1. The molecule has 0 radical (unpaired) electrons. The first-order chi connectivity index (χ1) is 14.0. The molecule has 162 valence electrons. The Morgan fingerprint density at radius 2 is 1.60 bits per heavy atom. The van der Waals surface area contributed by atoms with Gasteiger partial charge in [-0.3, -0.25) is 4.79 Å². The van der Waals surface area contributed by atoms with Crippen LogP contribution in [0.5, 0.6) is 0 Å². The van der Waals surface area contributed by atoms with Crippen molar-refractivity contribution in [1.82, 2.24) is 4.31 Å². The third-order valence-corrected chi connectivity index (χ3v) is 7.53. The molecule has 1 saturated heterocycles. The van der Waals surface area contributed by atoms with Gasteiger partial charge in [-0.1, -0.05) is 6.92 Å². The maximum atomic E-state index is 13.9. The van der Waals surface area contributed by atoms with E-state index >= 15 is 0 Å². The van der Waals surface area contributed by atoms with Crippen molar-refractivity contribution >= 4 is 21.6 Å². The number of rotatable bonds is 4. The van der Waals surface area contributed by atoms with Crippen LogP contribution in [0.3, 0.4) is 0 Å². The topological polar surface area (TPSA) is 66.5 Å². The van der Waals surface area contributed by atoms with Crippen LogP contribution in [0, 0.1) is 37.2 Å². The van der Waals surface area contributed by atoms with Crippen molar-refractivity contribution in [2.75, 3.05) is 18.4 Å². The van der Waals surface area contributed by atoms with Crippen LogP contribution < -0.4 is 5.32 Å². The molecule has 0 saturated carbocycles. The molecule has 1 heterocycles. The van der Waals surface area contributed by atoms with Crippen LogP contribution in [0.15, 0.2) is 29.2 Å². The van der Waals surface area contributed by atoms with E-state index in [1.807, 2.05) is 0 Å². The number of hydrogen-bond donors (Lipinski definition) is 1. The molecule has 0 unspecified atom stereocenters. The molecule has 1 fully saturated rings. The third-order valence-electron chi connectivity index (χ3n) is 5.50. The first-order valence-corrected chi connectivity index (χ1v) is 11.0. The highest BCUT2D eigenvalue weighted by Crippen LogP contribution is 2.28. The summed E-state index contributed by atoms with van der Waals surface area (Å²) in [5.74, 6) is -4.20. The summed E-state index contributed by atoms with van der Waals surface area (Å²) >= 11 is 0. The number of piperidine rings is 1. The number of carbonyl (C=O) groups is 1. The van der Waals surface area contributed by atoms with Gasteiger partial charge in [-0.25, -0.2) is 21.6 Å². The molecule has 0 bridgehead atoms. The Bertz CT molecular complexity index is 1100. The van der Waals surface area contributed by atoms with E-state index in [-0.39, 0.29) is 10.5 Å². The van der Waals surface area contributed by atoms with E-state index in [0.29, 0.717) is 42.3 Å². The van der Waals surface area contributed by atoms with E-state index in [4.69, 9.17) is 0 Å². The van der Waals surface area contributed by atoms with Gasteiger partial charge in [-0.15, -0.1) is 0 Å². The van der Waals surface area contributed by atoms with E-state index in [2.05, 4.69) is 12.2 Å². The van der Waals surface area contributed by atoms with Crippen LogP contribution >= 0.6 is 0 Å². The van der Waals surface area contributed by atoms with Crippen molar-refractivity contribution in [3.63, 3.8) is 0 Å². The number of nitrogens with one attached hydrogen (secondary N) is 1. The second kappa shape index (κ2) is 8.39. The second-order valence-electron chi connectivity index (χ2n) is 7.70. The van der Waals surface area contributed by atoms with Crippen LogP contribution in [0.25, 0.3) is 0 Å². The molecule has 0 atom stereocenters. The maximum Gasteiger partial charge on any atom is 0.255 e. The summed E-state index contributed by atoms with van der Waals surface area (Å²) in [5, 5.41) is 2.18. The lowest BCUT2D eigenvalue weighted by Gasteiger charge is -2.30. The summed E-state index contributed by atoms with van der Waals surface area (Å²) in [4.78, 5) is 12.6. The highest BCUT2D eigenvalue weighted by molar-refractivity contribution is 7.89. The molecule has 1 aliphatic heterocycles. The minimum Gasteiger partial charge on any atom is -0.319 e. The molecule has 30 heavy (non-hydrogen) atoms. The lowest BCUT2D eigenvalue weighted by Crippen LogP contribution is -2.38. The fraction of sp³-hybridized carbons (Fsp3) is 0.381. The number of amides is 1. The van der Waals surface area contributed by atoms with E-state index in [0.717, 1.165) is 12.8 Å². The molecule has 5 nitrogen and oxygen atoms in total. The molecule has 0 spiro atoms. The zero-order valence-electron chi connectivity index (χ0n) is 16.9. The van der Waals surface area contributed by atoms with Gasteiger partial charge in [0.25, 0.3) is 5.91 Å². The number of nitrogens with zero attached hydrogens (tertiary/aromatic N) is 1. The van der Waals surface area contributed by atoms with Gasteiger partial charge in [0.2, 0.25) is 10.0 Å². The van der Waals surface area contributed by atoms with Crippen molar-refractivity contribution in [3.8, 4) is 0 Å². The fourth-order valence-corrected chi connectivity index (χ4v) is 5.20. The number of benzene rings is 2. The Morgan fingerprint density at radius 1 is 1.00 bits per heavy atom. The van der Waals surface area contributed by atoms with Crippen LogP contribution in [-0.2, 0) is 10.0 Å². The average Bonchev–Trinajstić information content (AvgIpc) is 2.68. The molecule has 2 aromatic carbocycles. The summed E-state index contributed by atoms with van der Waals surface area (Å²) < 4.78 is 68.1. The van der Waals surface area contributed by atoms with Gasteiger partial charge in [-0.2, -0.15) is 4.31 Å². The largest absolute Gasteiger partial charge is 0.319 e. The first-order valence-electron chi connectivity index (χ1n) is 9.58.